The fourth-order valence-electron chi connectivity index (χ4n) is 3.25. The molecule has 0 unspecified atom stereocenters. The molecule has 0 aliphatic heterocycles. The van der Waals surface area contributed by atoms with Gasteiger partial charge in [0.1, 0.15) is 0 Å². The fraction of sp³-hybridized carbons (Fsp3) is 0.308. The number of halogens is 2. The van der Waals surface area contributed by atoms with E-state index in [9.17, 15) is 0 Å². The molecule has 32 heavy (non-hydrogen) atoms. The molecule has 0 bridgehead atoms. The Labute approximate surface area is 221 Å². The van der Waals surface area contributed by atoms with E-state index in [1.807, 2.05) is 48.8 Å². The molecule has 2 aromatic carbocycles. The summed E-state index contributed by atoms with van der Waals surface area (Å²) in [6, 6.07) is 20.5. The third-order valence-corrected chi connectivity index (χ3v) is 4.78. The van der Waals surface area contributed by atoms with E-state index in [-0.39, 0.29) is 10.8 Å². The van der Waals surface area contributed by atoms with Crippen LogP contribution in [0, 0.1) is 0 Å². The Bertz CT molecular complexity index is 975. The molecule has 0 fully saturated rings. The Morgan fingerprint density at radius 2 is 1.00 bits per heavy atom. The van der Waals surface area contributed by atoms with Gasteiger partial charge in [-0.05, 0) is 34.1 Å². The van der Waals surface area contributed by atoms with Crippen molar-refractivity contribution in [1.82, 2.24) is 4.98 Å². The molecule has 0 saturated carbocycles. The number of hydrogen-bond donors (Lipinski definition) is 0. The molecular formula is C26H30FeI2N3. The molecule has 3 rings (SSSR count). The number of aliphatic imine (C=N–C) groups is 2. The molecule has 0 amide bonds. The van der Waals surface area contributed by atoms with Gasteiger partial charge in [0.05, 0.1) is 11.4 Å². The maximum absolute atomic E-state index is 4.69. The van der Waals surface area contributed by atoms with E-state index in [0.29, 0.717) is 0 Å². The average Bonchev–Trinajstić information content (AvgIpc) is 3.18. The van der Waals surface area contributed by atoms with Crippen molar-refractivity contribution in [3.05, 3.63) is 83.2 Å². The average molecular weight is 694 g/mol. The normalized spacial score (nSPS) is 12.2. The van der Waals surface area contributed by atoms with E-state index in [1.165, 1.54) is 19.6 Å². The quantitative estimate of drug-likeness (QED) is 0.154. The summed E-state index contributed by atoms with van der Waals surface area (Å²) in [5.41, 5.74) is 6.18. The SMILES string of the molecule is CC(C)(C)c1ccccc1N=Cc1ccc(C=Nc2ccccc2C(C)(C)C)[n-]1.[I][Fe+][I]. The van der Waals surface area contributed by atoms with Crippen molar-refractivity contribution in [2.75, 3.05) is 0 Å². The first-order valence-electron chi connectivity index (χ1n) is 10.3. The minimum absolute atomic E-state index is 0.0473. The first-order valence-corrected chi connectivity index (χ1v) is 17.4. The van der Waals surface area contributed by atoms with Crippen molar-refractivity contribution in [3.8, 4) is 0 Å². The Morgan fingerprint density at radius 1 is 0.656 bits per heavy atom. The van der Waals surface area contributed by atoms with E-state index in [1.54, 1.807) is 0 Å². The summed E-state index contributed by atoms with van der Waals surface area (Å²) in [6.07, 6.45) is 3.65. The van der Waals surface area contributed by atoms with Crippen LogP contribution < -0.4 is 4.98 Å². The molecule has 0 spiro atoms. The number of rotatable bonds is 4. The van der Waals surface area contributed by atoms with Gasteiger partial charge in [-0.1, -0.05) is 90.1 Å². The molecule has 3 aromatic rings. The molecule has 1 aromatic heterocycles. The van der Waals surface area contributed by atoms with Gasteiger partial charge in [0.2, 0.25) is 0 Å². The summed E-state index contributed by atoms with van der Waals surface area (Å²) < 4.78 is 0. The molecule has 0 radical (unpaired) electrons. The molecule has 0 aliphatic rings. The molecular weight excluding hydrogens is 664 g/mol. The van der Waals surface area contributed by atoms with Crippen LogP contribution in [0.4, 0.5) is 11.4 Å². The standard InChI is InChI=1S/C26H30N3.Fe.2HI/c1-25(2,3)21-11-7-9-13-23(21)27-17-19-15-16-20(29-19)18-28-24-14-10-8-12-22(24)26(4,5)6;;;/h7-18H,1-6H3;;2*1H/q-1;+3;;/p-2. The van der Waals surface area contributed by atoms with Crippen LogP contribution in [0.5, 0.6) is 0 Å². The van der Waals surface area contributed by atoms with Crippen LogP contribution in [-0.4, -0.2) is 12.4 Å². The third kappa shape index (κ3) is 8.43. The second-order valence-electron chi connectivity index (χ2n) is 9.40. The van der Waals surface area contributed by atoms with Gasteiger partial charge in [0.25, 0.3) is 0 Å². The molecule has 0 N–H and O–H groups in total. The van der Waals surface area contributed by atoms with Crippen molar-refractivity contribution in [1.29, 1.82) is 0 Å². The van der Waals surface area contributed by atoms with E-state index in [4.69, 9.17) is 0 Å². The zero-order valence-corrected chi connectivity index (χ0v) is 24.8. The van der Waals surface area contributed by atoms with E-state index >= 15 is 0 Å². The summed E-state index contributed by atoms with van der Waals surface area (Å²) in [4.78, 5) is 14.0. The summed E-state index contributed by atoms with van der Waals surface area (Å²) in [5, 5.41) is 0. The topological polar surface area (TPSA) is 38.8 Å². The first-order chi connectivity index (χ1) is 15.1. The Kier molecular flexibility index (Phi) is 10.6. The fourth-order valence-corrected chi connectivity index (χ4v) is 3.25. The van der Waals surface area contributed by atoms with Crippen LogP contribution in [0.15, 0.2) is 70.6 Å². The molecule has 1 heterocycles. The van der Waals surface area contributed by atoms with Crippen LogP contribution in [0.25, 0.3) is 0 Å². The third-order valence-electron chi connectivity index (χ3n) is 4.78. The van der Waals surface area contributed by atoms with Crippen molar-refractivity contribution < 1.29 is 8.46 Å². The predicted molar refractivity (Wildman–Crippen MR) is 153 cm³/mol. The zero-order chi connectivity index (χ0) is 23.8. The number of nitrogens with zero attached hydrogens (tertiary/aromatic N) is 3. The van der Waals surface area contributed by atoms with Crippen molar-refractivity contribution in [2.45, 2.75) is 52.4 Å². The van der Waals surface area contributed by atoms with Crippen molar-refractivity contribution in [2.24, 2.45) is 9.98 Å². The summed E-state index contributed by atoms with van der Waals surface area (Å²) >= 11 is 4.55. The van der Waals surface area contributed by atoms with Gasteiger partial charge < -0.3 is 4.98 Å². The first kappa shape index (κ1) is 27.3. The van der Waals surface area contributed by atoms with Gasteiger partial charge in [-0.15, -0.1) is 11.4 Å². The molecule has 0 saturated heterocycles. The molecule has 6 heteroatoms. The van der Waals surface area contributed by atoms with E-state index < -0.39 is 0 Å². The van der Waals surface area contributed by atoms with Gasteiger partial charge >= 0.3 is 49.1 Å². The van der Waals surface area contributed by atoms with E-state index in [2.05, 4.69) is 121 Å². The van der Waals surface area contributed by atoms with Crippen molar-refractivity contribution in [3.63, 3.8) is 0 Å². The monoisotopic (exact) mass is 694 g/mol. The summed E-state index contributed by atoms with van der Waals surface area (Å²) in [7, 11) is 1.19. The Morgan fingerprint density at radius 3 is 1.34 bits per heavy atom. The number of hydrogen-bond acceptors (Lipinski definition) is 2. The summed E-state index contributed by atoms with van der Waals surface area (Å²) in [5.74, 6) is 0. The van der Waals surface area contributed by atoms with Gasteiger partial charge in [-0.3, -0.25) is 9.98 Å². The molecule has 3 nitrogen and oxygen atoms in total. The van der Waals surface area contributed by atoms with Crippen LogP contribution in [0.2, 0.25) is 0 Å². The second-order valence-corrected chi connectivity index (χ2v) is 18.7. The summed E-state index contributed by atoms with van der Waals surface area (Å²) in [6.45, 7) is 13.2. The number of aromatic nitrogens is 1. The maximum atomic E-state index is 4.69. The zero-order valence-electron chi connectivity index (χ0n) is 19.4. The van der Waals surface area contributed by atoms with Crippen LogP contribution in [0.1, 0.15) is 64.1 Å². The molecule has 0 atom stereocenters. The van der Waals surface area contributed by atoms with Crippen LogP contribution in [-0.2, 0) is 19.3 Å². The van der Waals surface area contributed by atoms with Crippen molar-refractivity contribution >= 4 is 64.5 Å². The number of para-hydroxylation sites is 2. The Balaban J connectivity index is 0.00000114. The van der Waals surface area contributed by atoms with Gasteiger partial charge in [0.15, 0.2) is 0 Å². The number of benzene rings is 2. The predicted octanol–water partition coefficient (Wildman–Crippen LogP) is 8.51. The van der Waals surface area contributed by atoms with Crippen LogP contribution in [0.3, 0.4) is 0 Å². The van der Waals surface area contributed by atoms with E-state index in [0.717, 1.165) is 22.8 Å². The minimum atomic E-state index is 0.0473. The Hall–Kier alpha value is -0.961. The van der Waals surface area contributed by atoms with Gasteiger partial charge in [0, 0.05) is 12.4 Å². The molecule has 171 valence electrons. The second kappa shape index (κ2) is 12.5. The van der Waals surface area contributed by atoms with Gasteiger partial charge in [-0.25, -0.2) is 0 Å². The molecule has 0 aliphatic carbocycles. The van der Waals surface area contributed by atoms with Crippen LogP contribution >= 0.6 is 40.7 Å². The van der Waals surface area contributed by atoms with Gasteiger partial charge in [-0.2, -0.15) is 0 Å².